The van der Waals surface area contributed by atoms with E-state index < -0.39 is 17.6 Å². The summed E-state index contributed by atoms with van der Waals surface area (Å²) in [6, 6.07) is 6.88. The van der Waals surface area contributed by atoms with Crippen LogP contribution in [0.4, 0.5) is 14.5 Å². The lowest BCUT2D eigenvalue weighted by Gasteiger charge is -2.11. The Morgan fingerprint density at radius 1 is 1.24 bits per heavy atom. The first-order chi connectivity index (χ1) is 9.88. The number of aromatic carboxylic acids is 1. The highest BCUT2D eigenvalue weighted by molar-refractivity contribution is 9.10. The number of anilines is 1. The number of hydrogen-bond donors (Lipinski definition) is 2. The monoisotopic (exact) mass is 355 g/mol. The Bertz CT molecular complexity index is 704. The van der Waals surface area contributed by atoms with Crippen LogP contribution >= 0.6 is 15.9 Å². The standard InChI is InChI=1S/C15H12BrF2NO2/c1-8-4-11(16)13(18)6-14(8)19-7-9-2-3-10(15(20)21)12(17)5-9/h2-6,19H,7H2,1H3,(H,20,21). The summed E-state index contributed by atoms with van der Waals surface area (Å²) >= 11 is 3.10. The molecule has 0 aliphatic carbocycles. The van der Waals surface area contributed by atoms with E-state index in [4.69, 9.17) is 5.11 Å². The molecule has 110 valence electrons. The number of nitrogens with one attached hydrogen (secondary N) is 1. The highest BCUT2D eigenvalue weighted by Gasteiger charge is 2.11. The lowest BCUT2D eigenvalue weighted by Crippen LogP contribution is -2.05. The normalized spacial score (nSPS) is 10.5. The predicted molar refractivity (Wildman–Crippen MR) is 79.5 cm³/mol. The molecule has 2 rings (SSSR count). The van der Waals surface area contributed by atoms with Gasteiger partial charge in [-0.1, -0.05) is 6.07 Å². The molecule has 0 radical (unpaired) electrons. The van der Waals surface area contributed by atoms with E-state index in [0.717, 1.165) is 11.6 Å². The van der Waals surface area contributed by atoms with Crippen LogP contribution in [-0.4, -0.2) is 11.1 Å². The van der Waals surface area contributed by atoms with Crippen LogP contribution in [-0.2, 0) is 6.54 Å². The van der Waals surface area contributed by atoms with Gasteiger partial charge in [0.1, 0.15) is 11.6 Å². The number of carboxylic acids is 1. The van der Waals surface area contributed by atoms with Gasteiger partial charge in [-0.15, -0.1) is 0 Å². The largest absolute Gasteiger partial charge is 0.478 e. The summed E-state index contributed by atoms with van der Waals surface area (Å²) < 4.78 is 27.4. The minimum atomic E-state index is -1.31. The Morgan fingerprint density at radius 2 is 1.95 bits per heavy atom. The SMILES string of the molecule is Cc1cc(Br)c(F)cc1NCc1ccc(C(=O)O)c(F)c1. The number of benzene rings is 2. The third-order valence-electron chi connectivity index (χ3n) is 3.01. The van der Waals surface area contributed by atoms with Gasteiger partial charge in [-0.2, -0.15) is 0 Å². The molecule has 0 aromatic heterocycles. The first-order valence-electron chi connectivity index (χ1n) is 6.09. The Balaban J connectivity index is 2.15. The van der Waals surface area contributed by atoms with Crippen LogP contribution in [0.1, 0.15) is 21.5 Å². The Labute approximate surface area is 128 Å². The van der Waals surface area contributed by atoms with Gasteiger partial charge in [0.05, 0.1) is 10.0 Å². The number of carbonyl (C=O) groups is 1. The maximum absolute atomic E-state index is 13.5. The summed E-state index contributed by atoms with van der Waals surface area (Å²) in [6.45, 7) is 2.08. The van der Waals surface area contributed by atoms with Crippen LogP contribution in [0, 0.1) is 18.6 Å². The minimum Gasteiger partial charge on any atom is -0.478 e. The van der Waals surface area contributed by atoms with E-state index >= 15 is 0 Å². The number of aryl methyl sites for hydroxylation is 1. The fourth-order valence-electron chi connectivity index (χ4n) is 1.88. The van der Waals surface area contributed by atoms with Gasteiger partial charge >= 0.3 is 5.97 Å². The summed E-state index contributed by atoms with van der Waals surface area (Å²) in [7, 11) is 0. The van der Waals surface area contributed by atoms with Crippen molar-refractivity contribution in [1.82, 2.24) is 0 Å². The summed E-state index contributed by atoms with van der Waals surface area (Å²) in [4.78, 5) is 10.7. The van der Waals surface area contributed by atoms with Crippen LogP contribution in [0.2, 0.25) is 0 Å². The second kappa shape index (κ2) is 6.22. The maximum Gasteiger partial charge on any atom is 0.338 e. The summed E-state index contributed by atoms with van der Waals surface area (Å²) in [5.74, 6) is -2.49. The second-order valence-electron chi connectivity index (χ2n) is 4.55. The van der Waals surface area contributed by atoms with Crippen LogP contribution < -0.4 is 5.32 Å². The molecular weight excluding hydrogens is 344 g/mol. The van der Waals surface area contributed by atoms with Crippen molar-refractivity contribution in [3.8, 4) is 0 Å². The summed E-state index contributed by atoms with van der Waals surface area (Å²) in [6.07, 6.45) is 0. The number of halogens is 3. The molecule has 0 saturated heterocycles. The molecule has 0 aliphatic rings. The van der Waals surface area contributed by atoms with Crippen molar-refractivity contribution in [2.24, 2.45) is 0 Å². The van der Waals surface area contributed by atoms with E-state index in [1.807, 2.05) is 6.92 Å². The topological polar surface area (TPSA) is 49.3 Å². The van der Waals surface area contributed by atoms with E-state index in [9.17, 15) is 13.6 Å². The van der Waals surface area contributed by atoms with Crippen molar-refractivity contribution in [1.29, 1.82) is 0 Å². The van der Waals surface area contributed by atoms with E-state index in [-0.39, 0.29) is 12.1 Å². The molecule has 6 heteroatoms. The molecule has 2 aromatic carbocycles. The average Bonchev–Trinajstić information content (AvgIpc) is 2.41. The van der Waals surface area contributed by atoms with Gasteiger partial charge in [-0.25, -0.2) is 13.6 Å². The molecule has 0 fully saturated rings. The number of rotatable bonds is 4. The van der Waals surface area contributed by atoms with Gasteiger partial charge in [0.2, 0.25) is 0 Å². The van der Waals surface area contributed by atoms with Crippen LogP contribution in [0.15, 0.2) is 34.8 Å². The van der Waals surface area contributed by atoms with Crippen molar-refractivity contribution in [2.45, 2.75) is 13.5 Å². The zero-order chi connectivity index (χ0) is 15.6. The molecule has 0 atom stereocenters. The Morgan fingerprint density at radius 3 is 2.57 bits per heavy atom. The predicted octanol–water partition coefficient (Wildman–Crippen LogP) is 4.35. The molecule has 0 saturated carbocycles. The van der Waals surface area contributed by atoms with E-state index in [0.29, 0.717) is 15.7 Å². The fraction of sp³-hybridized carbons (Fsp3) is 0.133. The number of carboxylic acid groups (broad SMARTS) is 1. The first kappa shape index (κ1) is 15.4. The van der Waals surface area contributed by atoms with Crippen molar-refractivity contribution in [2.75, 3.05) is 5.32 Å². The molecule has 0 amide bonds. The quantitative estimate of drug-likeness (QED) is 0.857. The number of hydrogen-bond acceptors (Lipinski definition) is 2. The first-order valence-corrected chi connectivity index (χ1v) is 6.89. The van der Waals surface area contributed by atoms with Crippen molar-refractivity contribution in [3.05, 3.63) is 63.1 Å². The molecule has 0 unspecified atom stereocenters. The van der Waals surface area contributed by atoms with Gasteiger partial charge in [0, 0.05) is 12.2 Å². The maximum atomic E-state index is 13.5. The Kier molecular flexibility index (Phi) is 4.57. The lowest BCUT2D eigenvalue weighted by molar-refractivity contribution is 0.0692. The average molecular weight is 356 g/mol. The molecule has 21 heavy (non-hydrogen) atoms. The van der Waals surface area contributed by atoms with Crippen molar-refractivity contribution >= 4 is 27.6 Å². The van der Waals surface area contributed by atoms with Crippen molar-refractivity contribution < 1.29 is 18.7 Å². The molecule has 0 spiro atoms. The third kappa shape index (κ3) is 3.58. The second-order valence-corrected chi connectivity index (χ2v) is 5.41. The molecule has 2 aromatic rings. The van der Waals surface area contributed by atoms with E-state index in [1.165, 1.54) is 18.2 Å². The van der Waals surface area contributed by atoms with Gasteiger partial charge < -0.3 is 10.4 Å². The molecule has 2 N–H and O–H groups in total. The van der Waals surface area contributed by atoms with Crippen LogP contribution in [0.3, 0.4) is 0 Å². The van der Waals surface area contributed by atoms with E-state index in [1.54, 1.807) is 6.07 Å². The molecular formula is C15H12BrF2NO2. The van der Waals surface area contributed by atoms with Gasteiger partial charge in [-0.05, 0) is 58.2 Å². The Hall–Kier alpha value is -1.95. The summed E-state index contributed by atoms with van der Waals surface area (Å²) in [5.41, 5.74) is 1.63. The van der Waals surface area contributed by atoms with E-state index in [2.05, 4.69) is 21.2 Å². The minimum absolute atomic E-state index is 0.263. The van der Waals surface area contributed by atoms with Crippen molar-refractivity contribution in [3.63, 3.8) is 0 Å². The van der Waals surface area contributed by atoms with Gasteiger partial charge in [0.25, 0.3) is 0 Å². The molecule has 3 nitrogen and oxygen atoms in total. The third-order valence-corrected chi connectivity index (χ3v) is 3.62. The molecule has 0 bridgehead atoms. The summed E-state index contributed by atoms with van der Waals surface area (Å²) in [5, 5.41) is 11.8. The van der Waals surface area contributed by atoms with Crippen LogP contribution in [0.5, 0.6) is 0 Å². The molecule has 0 aliphatic heterocycles. The lowest BCUT2D eigenvalue weighted by atomic mass is 10.1. The molecule has 0 heterocycles. The van der Waals surface area contributed by atoms with Gasteiger partial charge in [-0.3, -0.25) is 0 Å². The fourth-order valence-corrected chi connectivity index (χ4v) is 2.33. The highest BCUT2D eigenvalue weighted by atomic mass is 79.9. The van der Waals surface area contributed by atoms with Gasteiger partial charge in [0.15, 0.2) is 0 Å². The van der Waals surface area contributed by atoms with Crippen LogP contribution in [0.25, 0.3) is 0 Å². The smallest absolute Gasteiger partial charge is 0.338 e. The highest BCUT2D eigenvalue weighted by Crippen LogP contribution is 2.24. The zero-order valence-electron chi connectivity index (χ0n) is 11.1. The zero-order valence-corrected chi connectivity index (χ0v) is 12.7.